The van der Waals surface area contributed by atoms with E-state index in [2.05, 4.69) is 34.8 Å². The van der Waals surface area contributed by atoms with Crippen LogP contribution in [0.5, 0.6) is 0 Å². The number of halogens is 1. The molecule has 0 aromatic carbocycles. The zero-order valence-corrected chi connectivity index (χ0v) is 17.3. The van der Waals surface area contributed by atoms with E-state index in [-0.39, 0.29) is 40.5 Å². The Morgan fingerprint density at radius 2 is 1.95 bits per heavy atom. The fourth-order valence-corrected chi connectivity index (χ4v) is 3.35. The van der Waals surface area contributed by atoms with Gasteiger partial charge in [-0.3, -0.25) is 9.79 Å². The van der Waals surface area contributed by atoms with E-state index in [0.717, 1.165) is 19.0 Å². The van der Waals surface area contributed by atoms with E-state index in [9.17, 15) is 4.79 Å². The molecule has 1 fully saturated rings. The maximum atomic E-state index is 11.5. The Morgan fingerprint density at radius 1 is 1.27 bits per heavy atom. The Balaban J connectivity index is 0.00000441. The number of amides is 1. The molecule has 1 unspecified atom stereocenters. The Labute approximate surface area is 156 Å². The molecule has 0 aromatic heterocycles. The summed E-state index contributed by atoms with van der Waals surface area (Å²) in [6, 6.07) is 0. The number of nitrogens with zero attached hydrogens (tertiary/aromatic N) is 1. The number of carbonyl (C=O) groups excluding carboxylic acids is 1. The molecular formula is C15H31IN4OS. The van der Waals surface area contributed by atoms with Gasteiger partial charge in [0.1, 0.15) is 0 Å². The molecule has 1 aliphatic heterocycles. The number of thioether (sulfide) groups is 1. The van der Waals surface area contributed by atoms with Gasteiger partial charge in [-0.2, -0.15) is 11.8 Å². The molecule has 0 radical (unpaired) electrons. The lowest BCUT2D eigenvalue weighted by molar-refractivity contribution is -0.123. The summed E-state index contributed by atoms with van der Waals surface area (Å²) in [4.78, 5) is 16.1. The standard InChI is InChI=1S/C15H30N4OS.HI/c1-5-16-14(18-9-8-17-13(20)12(2)3)19-11-15(4)7-6-10-21-15;/h12H,5-11H2,1-4H3,(H,17,20)(H2,16,18,19);1H. The zero-order valence-electron chi connectivity index (χ0n) is 14.2. The molecule has 3 N–H and O–H groups in total. The molecule has 1 atom stereocenters. The second-order valence-corrected chi connectivity index (χ2v) is 7.65. The first-order valence-electron chi connectivity index (χ1n) is 7.91. The number of hydrogen-bond donors (Lipinski definition) is 3. The highest BCUT2D eigenvalue weighted by Crippen LogP contribution is 2.37. The second kappa shape index (κ2) is 11.4. The van der Waals surface area contributed by atoms with E-state index >= 15 is 0 Å². The maximum absolute atomic E-state index is 11.5. The second-order valence-electron chi connectivity index (χ2n) is 5.97. The first-order chi connectivity index (χ1) is 9.97. The number of hydrogen-bond acceptors (Lipinski definition) is 3. The summed E-state index contributed by atoms with van der Waals surface area (Å²) in [6.45, 7) is 11.1. The average molecular weight is 442 g/mol. The third-order valence-corrected chi connectivity index (χ3v) is 4.98. The summed E-state index contributed by atoms with van der Waals surface area (Å²) in [5.74, 6) is 2.21. The van der Waals surface area contributed by atoms with Gasteiger partial charge in [0.15, 0.2) is 5.96 Å². The Bertz CT molecular complexity index is 357. The van der Waals surface area contributed by atoms with Crippen LogP contribution >= 0.6 is 35.7 Å². The Hall–Kier alpha value is -0.180. The molecule has 7 heteroatoms. The quantitative estimate of drug-likeness (QED) is 0.245. The van der Waals surface area contributed by atoms with Gasteiger partial charge in [0.25, 0.3) is 0 Å². The van der Waals surface area contributed by atoms with Crippen LogP contribution in [0.4, 0.5) is 0 Å². The molecule has 0 bridgehead atoms. The molecule has 22 heavy (non-hydrogen) atoms. The van der Waals surface area contributed by atoms with Crippen LogP contribution in [0.2, 0.25) is 0 Å². The Morgan fingerprint density at radius 3 is 2.50 bits per heavy atom. The minimum absolute atomic E-state index is 0. The third-order valence-electron chi connectivity index (χ3n) is 3.46. The largest absolute Gasteiger partial charge is 0.357 e. The highest BCUT2D eigenvalue weighted by molar-refractivity contribution is 14.0. The van der Waals surface area contributed by atoms with Crippen LogP contribution in [-0.2, 0) is 4.79 Å². The van der Waals surface area contributed by atoms with Crippen molar-refractivity contribution in [3.8, 4) is 0 Å². The van der Waals surface area contributed by atoms with Gasteiger partial charge < -0.3 is 16.0 Å². The van der Waals surface area contributed by atoms with E-state index in [1.165, 1.54) is 18.6 Å². The van der Waals surface area contributed by atoms with E-state index < -0.39 is 0 Å². The Kier molecular flexibility index (Phi) is 11.3. The van der Waals surface area contributed by atoms with Crippen molar-refractivity contribution in [2.45, 2.75) is 45.3 Å². The summed E-state index contributed by atoms with van der Waals surface area (Å²) in [5, 5.41) is 9.42. The molecule has 5 nitrogen and oxygen atoms in total. The molecule has 0 saturated carbocycles. The topological polar surface area (TPSA) is 65.5 Å². The molecule has 1 saturated heterocycles. The predicted molar refractivity (Wildman–Crippen MR) is 107 cm³/mol. The van der Waals surface area contributed by atoms with Crippen LogP contribution in [0.1, 0.15) is 40.5 Å². The average Bonchev–Trinajstić information content (AvgIpc) is 2.87. The SMILES string of the molecule is CCNC(=NCC1(C)CCCS1)NCCNC(=O)C(C)C.I. The minimum atomic E-state index is 0. The van der Waals surface area contributed by atoms with Crippen molar-refractivity contribution in [1.29, 1.82) is 0 Å². The molecule has 1 heterocycles. The monoisotopic (exact) mass is 442 g/mol. The van der Waals surface area contributed by atoms with Gasteiger partial charge in [-0.1, -0.05) is 13.8 Å². The molecule has 0 aromatic rings. The summed E-state index contributed by atoms with van der Waals surface area (Å²) in [6.07, 6.45) is 2.53. The molecule has 1 rings (SSSR count). The van der Waals surface area contributed by atoms with Gasteiger partial charge in [-0.05, 0) is 32.4 Å². The van der Waals surface area contributed by atoms with Crippen molar-refractivity contribution < 1.29 is 4.79 Å². The molecule has 1 amide bonds. The van der Waals surface area contributed by atoms with Crippen LogP contribution < -0.4 is 16.0 Å². The maximum Gasteiger partial charge on any atom is 0.222 e. The van der Waals surface area contributed by atoms with E-state index in [4.69, 9.17) is 0 Å². The van der Waals surface area contributed by atoms with E-state index in [1.807, 2.05) is 25.6 Å². The van der Waals surface area contributed by atoms with Gasteiger partial charge in [0.2, 0.25) is 5.91 Å². The highest BCUT2D eigenvalue weighted by Gasteiger charge is 2.29. The van der Waals surface area contributed by atoms with Crippen LogP contribution in [0, 0.1) is 5.92 Å². The molecule has 1 aliphatic rings. The first kappa shape index (κ1) is 21.8. The van der Waals surface area contributed by atoms with Crippen LogP contribution in [0.15, 0.2) is 4.99 Å². The number of guanidine groups is 1. The van der Waals surface area contributed by atoms with E-state index in [0.29, 0.717) is 13.1 Å². The van der Waals surface area contributed by atoms with Crippen molar-refractivity contribution in [2.24, 2.45) is 10.9 Å². The lowest BCUT2D eigenvalue weighted by Crippen LogP contribution is -2.42. The van der Waals surface area contributed by atoms with Crippen molar-refractivity contribution in [3.05, 3.63) is 0 Å². The van der Waals surface area contributed by atoms with E-state index in [1.54, 1.807) is 0 Å². The zero-order chi connectivity index (χ0) is 15.7. The van der Waals surface area contributed by atoms with Crippen molar-refractivity contribution >= 4 is 47.6 Å². The van der Waals surface area contributed by atoms with Crippen molar-refractivity contribution in [3.63, 3.8) is 0 Å². The fraction of sp³-hybridized carbons (Fsp3) is 0.867. The van der Waals surface area contributed by atoms with Crippen LogP contribution in [0.3, 0.4) is 0 Å². The minimum Gasteiger partial charge on any atom is -0.357 e. The van der Waals surface area contributed by atoms with Crippen molar-refractivity contribution in [1.82, 2.24) is 16.0 Å². The lowest BCUT2D eigenvalue weighted by atomic mass is 10.1. The first-order valence-corrected chi connectivity index (χ1v) is 8.89. The number of rotatable bonds is 7. The van der Waals surface area contributed by atoms with Gasteiger partial charge in [-0.25, -0.2) is 0 Å². The predicted octanol–water partition coefficient (Wildman–Crippen LogP) is 2.22. The number of carbonyl (C=O) groups is 1. The van der Waals surface area contributed by atoms with Gasteiger partial charge >= 0.3 is 0 Å². The van der Waals surface area contributed by atoms with Crippen LogP contribution in [0.25, 0.3) is 0 Å². The van der Waals surface area contributed by atoms with Crippen LogP contribution in [-0.4, -0.2) is 48.5 Å². The summed E-state index contributed by atoms with van der Waals surface area (Å²) in [7, 11) is 0. The normalized spacial score (nSPS) is 21.4. The summed E-state index contributed by atoms with van der Waals surface area (Å²) in [5.41, 5.74) is 0. The molecule has 0 aliphatic carbocycles. The molecule has 0 spiro atoms. The third kappa shape index (κ3) is 8.45. The van der Waals surface area contributed by atoms with Gasteiger partial charge in [0, 0.05) is 30.3 Å². The number of aliphatic imine (C=N–C) groups is 1. The summed E-state index contributed by atoms with van der Waals surface area (Å²) >= 11 is 2.02. The smallest absolute Gasteiger partial charge is 0.222 e. The molecular weight excluding hydrogens is 411 g/mol. The highest BCUT2D eigenvalue weighted by atomic mass is 127. The molecule has 130 valence electrons. The number of nitrogens with one attached hydrogen (secondary N) is 3. The summed E-state index contributed by atoms with van der Waals surface area (Å²) < 4.78 is 0.286. The van der Waals surface area contributed by atoms with Gasteiger partial charge in [-0.15, -0.1) is 24.0 Å². The lowest BCUT2D eigenvalue weighted by Gasteiger charge is -2.21. The van der Waals surface area contributed by atoms with Crippen molar-refractivity contribution in [2.75, 3.05) is 31.9 Å². The van der Waals surface area contributed by atoms with Gasteiger partial charge in [0.05, 0.1) is 6.54 Å². The fourth-order valence-electron chi connectivity index (χ4n) is 2.12.